The van der Waals surface area contributed by atoms with Crippen molar-refractivity contribution in [2.24, 2.45) is 9.98 Å². The van der Waals surface area contributed by atoms with Gasteiger partial charge in [-0.3, -0.25) is 4.99 Å². The number of rotatable bonds is 3. The van der Waals surface area contributed by atoms with Gasteiger partial charge in [-0.2, -0.15) is 0 Å². The van der Waals surface area contributed by atoms with E-state index in [-0.39, 0.29) is 9.80 Å². The van der Waals surface area contributed by atoms with Gasteiger partial charge < -0.3 is 9.80 Å². The van der Waals surface area contributed by atoms with Gasteiger partial charge in [0.15, 0.2) is 0 Å². The summed E-state index contributed by atoms with van der Waals surface area (Å²) in [5.74, 6) is 0.325. The third-order valence-electron chi connectivity index (χ3n) is 4.79. The normalized spacial score (nSPS) is 20.9. The predicted molar refractivity (Wildman–Crippen MR) is 98.3 cm³/mol. The second-order valence-electron chi connectivity index (χ2n) is 6.54. The van der Waals surface area contributed by atoms with Crippen LogP contribution >= 0.6 is 0 Å². The van der Waals surface area contributed by atoms with Gasteiger partial charge in [0.2, 0.25) is 9.84 Å². The predicted octanol–water partition coefficient (Wildman–Crippen LogP) is 1.83. The molecule has 26 heavy (non-hydrogen) atoms. The highest BCUT2D eigenvalue weighted by molar-refractivity contribution is 7.96. The van der Waals surface area contributed by atoms with E-state index in [1.54, 1.807) is 0 Å². The van der Waals surface area contributed by atoms with Gasteiger partial charge in [0.1, 0.15) is 22.3 Å². The molecule has 3 aliphatic heterocycles. The number of benzene rings is 1. The number of sulfone groups is 1. The highest BCUT2D eigenvalue weighted by atomic mass is 32.2. The molecule has 0 bridgehead atoms. The van der Waals surface area contributed by atoms with E-state index < -0.39 is 15.7 Å². The van der Waals surface area contributed by atoms with Gasteiger partial charge in [0.25, 0.3) is 0 Å². The Morgan fingerprint density at radius 1 is 1.08 bits per heavy atom. The van der Waals surface area contributed by atoms with Crippen LogP contribution in [0.1, 0.15) is 6.42 Å². The topological polar surface area (TPSA) is 65.3 Å². The quantitative estimate of drug-likeness (QED) is 0.757. The number of allylic oxidation sites excluding steroid dienone is 2. The number of aliphatic imine (C=N–C) groups is 2. The van der Waals surface area contributed by atoms with Crippen molar-refractivity contribution in [3.8, 4) is 0 Å². The molecule has 0 atom stereocenters. The second kappa shape index (κ2) is 6.44. The molecule has 8 heteroatoms. The minimum Gasteiger partial charge on any atom is -0.354 e. The molecule has 0 saturated carbocycles. The standard InChI is InChI=1S/C18H19FN4O2S/c1-22-8-10-23(11-9-22)17-7-6-15-18(21-17)16(12-20-15)26(24,25)14-4-2-13(19)3-5-14/h2-5,7,12H,6,8-11H2,1H3. The van der Waals surface area contributed by atoms with Crippen LogP contribution < -0.4 is 0 Å². The Hall–Kier alpha value is -2.32. The highest BCUT2D eigenvalue weighted by Crippen LogP contribution is 2.29. The zero-order chi connectivity index (χ0) is 18.3. The molecule has 0 N–H and O–H groups in total. The first-order valence-electron chi connectivity index (χ1n) is 8.46. The van der Waals surface area contributed by atoms with E-state index in [1.807, 2.05) is 6.08 Å². The molecule has 1 aromatic carbocycles. The summed E-state index contributed by atoms with van der Waals surface area (Å²) in [7, 11) is -1.71. The summed E-state index contributed by atoms with van der Waals surface area (Å²) in [6, 6.07) is 4.82. The number of likely N-dealkylation sites (N-methyl/N-ethyl adjacent to an activating group) is 1. The van der Waals surface area contributed by atoms with Crippen LogP contribution in [0.5, 0.6) is 0 Å². The summed E-state index contributed by atoms with van der Waals surface area (Å²) >= 11 is 0. The smallest absolute Gasteiger partial charge is 0.210 e. The minimum atomic E-state index is -3.79. The molecule has 3 aliphatic rings. The number of hydrogen-bond acceptors (Lipinski definition) is 6. The molecule has 4 rings (SSSR count). The molecule has 0 unspecified atom stereocenters. The van der Waals surface area contributed by atoms with Crippen molar-refractivity contribution in [2.75, 3.05) is 33.2 Å². The fraction of sp³-hybridized carbons (Fsp3) is 0.333. The van der Waals surface area contributed by atoms with Gasteiger partial charge in [0.05, 0.1) is 10.6 Å². The van der Waals surface area contributed by atoms with Crippen molar-refractivity contribution in [2.45, 2.75) is 11.3 Å². The molecule has 1 aromatic rings. The Morgan fingerprint density at radius 2 is 1.77 bits per heavy atom. The monoisotopic (exact) mass is 374 g/mol. The lowest BCUT2D eigenvalue weighted by molar-refractivity contribution is 0.185. The number of halogens is 1. The molecule has 0 radical (unpaired) electrons. The van der Waals surface area contributed by atoms with E-state index in [2.05, 4.69) is 26.8 Å². The van der Waals surface area contributed by atoms with E-state index in [4.69, 9.17) is 0 Å². The Labute approximate surface area is 152 Å². The SMILES string of the molecule is CN1CCN(C2=CCC3=NC=C(S(=O)(=O)c4ccc(F)cc4)C3=N2)CC1. The zero-order valence-corrected chi connectivity index (χ0v) is 15.2. The maximum absolute atomic E-state index is 13.1. The fourth-order valence-corrected chi connectivity index (χ4v) is 4.55. The van der Waals surface area contributed by atoms with Gasteiger partial charge in [-0.25, -0.2) is 17.8 Å². The van der Waals surface area contributed by atoms with Crippen LogP contribution in [0.3, 0.4) is 0 Å². The average molecular weight is 374 g/mol. The molecule has 0 aromatic heterocycles. The summed E-state index contributed by atoms with van der Waals surface area (Å²) in [5, 5.41) is 0. The van der Waals surface area contributed by atoms with Crippen LogP contribution in [0.25, 0.3) is 0 Å². The Morgan fingerprint density at radius 3 is 2.46 bits per heavy atom. The number of hydrogen-bond donors (Lipinski definition) is 0. The minimum absolute atomic E-state index is 0.0417. The van der Waals surface area contributed by atoms with Crippen molar-refractivity contribution >= 4 is 21.3 Å². The van der Waals surface area contributed by atoms with Gasteiger partial charge >= 0.3 is 0 Å². The van der Waals surface area contributed by atoms with Gasteiger partial charge in [0, 0.05) is 38.8 Å². The summed E-state index contributed by atoms with van der Waals surface area (Å²) in [4.78, 5) is 13.4. The van der Waals surface area contributed by atoms with Crippen LogP contribution in [0.2, 0.25) is 0 Å². The Balaban J connectivity index is 1.63. The molecule has 6 nitrogen and oxygen atoms in total. The molecular weight excluding hydrogens is 355 g/mol. The summed E-state index contributed by atoms with van der Waals surface area (Å²) < 4.78 is 39.0. The van der Waals surface area contributed by atoms with E-state index in [0.29, 0.717) is 17.8 Å². The van der Waals surface area contributed by atoms with Crippen molar-refractivity contribution in [3.63, 3.8) is 0 Å². The van der Waals surface area contributed by atoms with Crippen molar-refractivity contribution < 1.29 is 12.8 Å². The second-order valence-corrected chi connectivity index (χ2v) is 8.46. The van der Waals surface area contributed by atoms with E-state index in [1.165, 1.54) is 18.3 Å². The molecule has 1 fully saturated rings. The lowest BCUT2D eigenvalue weighted by Crippen LogP contribution is -2.44. The van der Waals surface area contributed by atoms with Gasteiger partial charge in [-0.05, 0) is 37.4 Å². The van der Waals surface area contributed by atoms with Crippen molar-refractivity contribution in [3.05, 3.63) is 53.1 Å². The third kappa shape index (κ3) is 2.99. The van der Waals surface area contributed by atoms with Crippen LogP contribution in [-0.4, -0.2) is 62.9 Å². The van der Waals surface area contributed by atoms with E-state index >= 15 is 0 Å². The van der Waals surface area contributed by atoms with Crippen molar-refractivity contribution in [1.29, 1.82) is 0 Å². The molecule has 0 aliphatic carbocycles. The van der Waals surface area contributed by atoms with Gasteiger partial charge in [-0.15, -0.1) is 0 Å². The molecule has 0 amide bonds. The Bertz CT molecular complexity index is 953. The molecule has 3 heterocycles. The van der Waals surface area contributed by atoms with E-state index in [0.717, 1.165) is 44.1 Å². The van der Waals surface area contributed by atoms with Crippen LogP contribution in [0.15, 0.2) is 62.1 Å². The molecule has 136 valence electrons. The molecule has 1 saturated heterocycles. The summed E-state index contributed by atoms with van der Waals surface area (Å²) in [6.07, 6.45) is 3.90. The number of nitrogens with zero attached hydrogens (tertiary/aromatic N) is 4. The molecular formula is C18H19FN4O2S. The lowest BCUT2D eigenvalue weighted by Gasteiger charge is -2.34. The van der Waals surface area contributed by atoms with Crippen LogP contribution in [0.4, 0.5) is 4.39 Å². The summed E-state index contributed by atoms with van der Waals surface area (Å²) in [5.41, 5.74) is 1.06. The first-order valence-corrected chi connectivity index (χ1v) is 9.94. The van der Waals surface area contributed by atoms with Crippen molar-refractivity contribution in [1.82, 2.24) is 9.80 Å². The van der Waals surface area contributed by atoms with Gasteiger partial charge in [-0.1, -0.05) is 0 Å². The largest absolute Gasteiger partial charge is 0.354 e. The average Bonchev–Trinajstić information content (AvgIpc) is 3.06. The van der Waals surface area contributed by atoms with E-state index in [9.17, 15) is 12.8 Å². The lowest BCUT2D eigenvalue weighted by atomic mass is 10.1. The maximum atomic E-state index is 13.1. The fourth-order valence-electron chi connectivity index (χ4n) is 3.19. The summed E-state index contributed by atoms with van der Waals surface area (Å²) in [6.45, 7) is 3.60. The number of fused-ring (bicyclic) bond motifs is 1. The first kappa shape index (κ1) is 17.1. The van der Waals surface area contributed by atoms with Crippen LogP contribution in [0, 0.1) is 5.82 Å². The maximum Gasteiger partial charge on any atom is 0.210 e. The van der Waals surface area contributed by atoms with Crippen LogP contribution in [-0.2, 0) is 9.84 Å². The highest BCUT2D eigenvalue weighted by Gasteiger charge is 2.33. The third-order valence-corrected chi connectivity index (χ3v) is 6.56. The zero-order valence-electron chi connectivity index (χ0n) is 14.4. The Kier molecular flexibility index (Phi) is 4.24. The molecule has 0 spiro atoms. The first-order chi connectivity index (χ1) is 12.4. The number of piperazine rings is 1.